The molecule has 6 nitrogen and oxygen atoms in total. The van der Waals surface area contributed by atoms with Gasteiger partial charge in [0.15, 0.2) is 0 Å². The minimum atomic E-state index is -2.48. The molecule has 0 radical (unpaired) electrons. The summed E-state index contributed by atoms with van der Waals surface area (Å²) in [5.41, 5.74) is 0. The number of rotatable bonds is 23. The second-order valence-electron chi connectivity index (χ2n) is 6.32. The summed E-state index contributed by atoms with van der Waals surface area (Å²) in [7, 11) is 5.91. The third kappa shape index (κ3) is 14.7. The van der Waals surface area contributed by atoms with Crippen molar-refractivity contribution in [2.24, 2.45) is 0 Å². The molecule has 0 aliphatic rings. The lowest BCUT2D eigenvalue weighted by Crippen LogP contribution is -2.45. The highest BCUT2D eigenvalue weighted by Gasteiger charge is 2.39. The maximum Gasteiger partial charge on any atom is 0.500 e. The molecule has 0 aliphatic heterocycles. The van der Waals surface area contributed by atoms with Crippen LogP contribution in [0.5, 0.6) is 0 Å². The van der Waals surface area contributed by atoms with Gasteiger partial charge in [-0.1, -0.05) is 35.4 Å². The quantitative estimate of drug-likeness (QED) is 0.0814. The summed E-state index contributed by atoms with van der Waals surface area (Å²) in [6.07, 6.45) is 4.04. The summed E-state index contributed by atoms with van der Waals surface area (Å²) in [5, 5.41) is 0. The van der Waals surface area contributed by atoms with Crippen molar-refractivity contribution in [3.63, 3.8) is 0 Å². The van der Waals surface area contributed by atoms with Crippen molar-refractivity contribution >= 4 is 58.8 Å². The van der Waals surface area contributed by atoms with Crippen molar-refractivity contribution in [1.82, 2.24) is 0 Å². The molecule has 0 rings (SSSR count). The molecule has 0 heterocycles. The summed E-state index contributed by atoms with van der Waals surface area (Å²) < 4.78 is 35.0. The lowest BCUT2D eigenvalue weighted by atomic mass is 10.5. The van der Waals surface area contributed by atoms with Crippen LogP contribution >= 0.6 is 41.2 Å². The predicted molar refractivity (Wildman–Crippen MR) is 140 cm³/mol. The van der Waals surface area contributed by atoms with Gasteiger partial charge < -0.3 is 26.6 Å². The molecule has 0 aliphatic carbocycles. The van der Waals surface area contributed by atoms with Crippen LogP contribution in [0.3, 0.4) is 0 Å². The first kappa shape index (κ1) is 31.6. The van der Waals surface area contributed by atoms with Crippen LogP contribution in [0.1, 0.15) is 53.4 Å². The van der Waals surface area contributed by atoms with E-state index in [0.717, 1.165) is 49.3 Å². The van der Waals surface area contributed by atoms with Gasteiger partial charge in [0.05, 0.1) is 0 Å². The summed E-state index contributed by atoms with van der Waals surface area (Å²) in [4.78, 5) is 0. The third-order valence-corrected chi connectivity index (χ3v) is 16.5. The van der Waals surface area contributed by atoms with E-state index in [9.17, 15) is 0 Å². The highest BCUT2D eigenvalue weighted by atomic mass is 33.7. The second kappa shape index (κ2) is 21.1. The Hall–Kier alpha value is 1.59. The van der Waals surface area contributed by atoms with Gasteiger partial charge in [0.25, 0.3) is 0 Å². The maximum atomic E-state index is 5.96. The molecule has 182 valence electrons. The van der Waals surface area contributed by atoms with Crippen LogP contribution in [0.25, 0.3) is 0 Å². The zero-order valence-corrected chi connectivity index (χ0v) is 24.8. The van der Waals surface area contributed by atoms with Crippen molar-refractivity contribution in [1.29, 1.82) is 0 Å². The first-order chi connectivity index (χ1) is 14.6. The van der Waals surface area contributed by atoms with Gasteiger partial charge in [-0.2, -0.15) is 0 Å². The van der Waals surface area contributed by atoms with Gasteiger partial charge in [-0.05, 0) is 59.2 Å². The lowest BCUT2D eigenvalue weighted by molar-refractivity contribution is 0.0812. The molecule has 0 amide bonds. The van der Waals surface area contributed by atoms with Crippen LogP contribution in [-0.4, -0.2) is 69.8 Å². The molecule has 2 atom stereocenters. The molecule has 0 bridgehead atoms. The molecule has 2 unspecified atom stereocenters. The van der Waals surface area contributed by atoms with E-state index in [-0.39, 0.29) is 0 Å². The van der Waals surface area contributed by atoms with Gasteiger partial charge in [-0.3, -0.25) is 0 Å². The standard InChI is InChI=1S/C18H42O6S4Si2/c1-7-13-23-29(19-5,21-9-3)17-11-15-25-27-28-26-16-12-18-30(20-6,22-10-4)24-14-8-2/h7-18H2,1-6H3. The van der Waals surface area contributed by atoms with Crippen LogP contribution in [0, 0.1) is 0 Å². The summed E-state index contributed by atoms with van der Waals surface area (Å²) in [5.74, 6) is 2.13. The van der Waals surface area contributed by atoms with Gasteiger partial charge in [-0.15, -0.1) is 0 Å². The highest BCUT2D eigenvalue weighted by Crippen LogP contribution is 2.44. The van der Waals surface area contributed by atoms with Crippen molar-refractivity contribution < 1.29 is 26.6 Å². The van der Waals surface area contributed by atoms with E-state index in [2.05, 4.69) is 13.8 Å². The molecule has 0 saturated carbocycles. The zero-order valence-electron chi connectivity index (χ0n) is 19.6. The largest absolute Gasteiger partial charge is 0.500 e. The Bertz CT molecular complexity index is 359. The maximum absolute atomic E-state index is 5.96. The molecule has 30 heavy (non-hydrogen) atoms. The molecule has 0 saturated heterocycles. The van der Waals surface area contributed by atoms with Crippen LogP contribution in [0.15, 0.2) is 0 Å². The van der Waals surface area contributed by atoms with Crippen LogP contribution in [-0.2, 0) is 26.6 Å². The average Bonchev–Trinajstić information content (AvgIpc) is 2.76. The van der Waals surface area contributed by atoms with Gasteiger partial charge in [-0.25, -0.2) is 0 Å². The zero-order chi connectivity index (χ0) is 22.6. The average molecular weight is 539 g/mol. The number of hydrogen-bond donors (Lipinski definition) is 0. The molecule has 0 aromatic carbocycles. The number of hydrogen-bond acceptors (Lipinski definition) is 10. The van der Waals surface area contributed by atoms with Gasteiger partial charge in [0.1, 0.15) is 0 Å². The Morgan fingerprint density at radius 2 is 1.00 bits per heavy atom. The minimum Gasteiger partial charge on any atom is -0.377 e. The van der Waals surface area contributed by atoms with Crippen LogP contribution in [0.2, 0.25) is 12.1 Å². The van der Waals surface area contributed by atoms with E-state index < -0.39 is 17.6 Å². The summed E-state index contributed by atoms with van der Waals surface area (Å²) in [6, 6.07) is 1.75. The van der Waals surface area contributed by atoms with E-state index in [4.69, 9.17) is 26.6 Å². The van der Waals surface area contributed by atoms with Gasteiger partial charge >= 0.3 is 17.6 Å². The van der Waals surface area contributed by atoms with E-state index in [1.807, 2.05) is 55.1 Å². The molecule has 0 N–H and O–H groups in total. The Labute approximate surface area is 202 Å². The normalized spacial score (nSPS) is 15.8. The van der Waals surface area contributed by atoms with Crippen molar-refractivity contribution in [3.8, 4) is 0 Å². The molecule has 0 spiro atoms. The van der Waals surface area contributed by atoms with Crippen molar-refractivity contribution in [2.75, 3.05) is 52.2 Å². The van der Waals surface area contributed by atoms with Crippen molar-refractivity contribution in [2.45, 2.75) is 65.5 Å². The van der Waals surface area contributed by atoms with E-state index in [0.29, 0.717) is 26.4 Å². The molecule has 12 heteroatoms. The van der Waals surface area contributed by atoms with Crippen LogP contribution < -0.4 is 0 Å². The van der Waals surface area contributed by atoms with E-state index >= 15 is 0 Å². The Balaban J connectivity index is 3.92. The molecular weight excluding hydrogens is 497 g/mol. The van der Waals surface area contributed by atoms with Crippen LogP contribution in [0.4, 0.5) is 0 Å². The molecular formula is C18H42O6S4Si2. The topological polar surface area (TPSA) is 55.4 Å². The summed E-state index contributed by atoms with van der Waals surface area (Å²) in [6.45, 7) is 10.9. The minimum absolute atomic E-state index is 0.637. The van der Waals surface area contributed by atoms with Gasteiger partial charge in [0.2, 0.25) is 0 Å². The van der Waals surface area contributed by atoms with Gasteiger partial charge in [0, 0.05) is 64.2 Å². The third-order valence-electron chi connectivity index (χ3n) is 3.95. The Morgan fingerprint density at radius 3 is 1.30 bits per heavy atom. The van der Waals surface area contributed by atoms with Crippen molar-refractivity contribution in [3.05, 3.63) is 0 Å². The summed E-state index contributed by atoms with van der Waals surface area (Å²) >= 11 is 0. The highest BCUT2D eigenvalue weighted by molar-refractivity contribution is 9.26. The SMILES string of the molecule is CCCO[Si](CCCSSSSCCC[Si](OC)(OCC)OCCC)(OC)OCC. The Kier molecular flexibility index (Phi) is 22.3. The predicted octanol–water partition coefficient (Wildman–Crippen LogP) is 6.54. The second-order valence-corrected chi connectivity index (χ2v) is 18.3. The monoisotopic (exact) mass is 538 g/mol. The molecule has 0 aromatic rings. The molecule has 0 aromatic heterocycles. The first-order valence-electron chi connectivity index (χ1n) is 10.8. The first-order valence-corrected chi connectivity index (χ1v) is 19.8. The van der Waals surface area contributed by atoms with E-state index in [1.165, 1.54) is 0 Å². The fraction of sp³-hybridized carbons (Fsp3) is 1.00. The fourth-order valence-corrected chi connectivity index (χ4v) is 14.0. The Morgan fingerprint density at radius 1 is 0.600 bits per heavy atom. The van der Waals surface area contributed by atoms with E-state index in [1.54, 1.807) is 14.2 Å². The molecule has 0 fully saturated rings. The lowest BCUT2D eigenvalue weighted by Gasteiger charge is -2.27. The fourth-order valence-electron chi connectivity index (χ4n) is 2.57. The smallest absolute Gasteiger partial charge is 0.377 e.